The van der Waals surface area contributed by atoms with Crippen LogP contribution < -0.4 is 0 Å². The van der Waals surface area contributed by atoms with Crippen LogP contribution in [-0.4, -0.2) is 17.9 Å². The van der Waals surface area contributed by atoms with E-state index in [0.717, 1.165) is 28.7 Å². The summed E-state index contributed by atoms with van der Waals surface area (Å²) in [6, 6.07) is 12.2. The van der Waals surface area contributed by atoms with Gasteiger partial charge in [0.25, 0.3) is 5.91 Å². The first-order valence-corrected chi connectivity index (χ1v) is 8.33. The molecule has 2 aromatic rings. The van der Waals surface area contributed by atoms with E-state index in [0.29, 0.717) is 12.5 Å². The Kier molecular flexibility index (Phi) is 3.50. The van der Waals surface area contributed by atoms with Crippen molar-refractivity contribution < 1.29 is 4.79 Å². The highest BCUT2D eigenvalue weighted by Crippen LogP contribution is 2.31. The Morgan fingerprint density at radius 3 is 2.92 bits per heavy atom. The normalized spacial score (nSPS) is 18.0. The first-order chi connectivity index (χ1) is 11.6. The fraction of sp³-hybridized carbons (Fsp3) is 0.227. The van der Waals surface area contributed by atoms with Crippen LogP contribution in [0.3, 0.4) is 0 Å². The molecule has 2 heteroatoms. The van der Waals surface area contributed by atoms with Gasteiger partial charge in [0.1, 0.15) is 0 Å². The van der Waals surface area contributed by atoms with E-state index in [1.165, 1.54) is 11.1 Å². The number of fused-ring (bicyclic) bond motifs is 2. The van der Waals surface area contributed by atoms with E-state index in [1.807, 2.05) is 25.2 Å². The van der Waals surface area contributed by atoms with E-state index in [4.69, 9.17) is 0 Å². The number of hydrogen-bond donors (Lipinski definition) is 0. The monoisotopic (exact) mass is 313 g/mol. The number of nitrogens with zero attached hydrogens (tertiary/aromatic N) is 1. The third-order valence-electron chi connectivity index (χ3n) is 4.85. The zero-order chi connectivity index (χ0) is 16.7. The molecule has 0 radical (unpaired) electrons. The molecule has 1 aliphatic heterocycles. The van der Waals surface area contributed by atoms with Crippen LogP contribution in [0.2, 0.25) is 0 Å². The maximum Gasteiger partial charge on any atom is 0.254 e. The summed E-state index contributed by atoms with van der Waals surface area (Å²) in [6.07, 6.45) is 5.49. The lowest BCUT2D eigenvalue weighted by molar-refractivity contribution is 0.0816. The summed E-state index contributed by atoms with van der Waals surface area (Å²) in [7, 11) is 1.83. The van der Waals surface area contributed by atoms with Crippen molar-refractivity contribution in [3.8, 4) is 11.8 Å². The van der Waals surface area contributed by atoms with Crippen molar-refractivity contribution in [2.24, 2.45) is 0 Å². The molecule has 2 aliphatic rings. The van der Waals surface area contributed by atoms with E-state index in [2.05, 4.69) is 49.1 Å². The number of allylic oxidation sites excluding steroid dienone is 1. The van der Waals surface area contributed by atoms with Crippen LogP contribution in [-0.2, 0) is 6.54 Å². The van der Waals surface area contributed by atoms with Gasteiger partial charge in [0.05, 0.1) is 0 Å². The van der Waals surface area contributed by atoms with Crippen molar-refractivity contribution in [2.75, 3.05) is 7.05 Å². The zero-order valence-electron chi connectivity index (χ0n) is 14.0. The molecule has 0 saturated carbocycles. The molecular weight excluding hydrogens is 294 g/mol. The third kappa shape index (κ3) is 2.43. The average molecular weight is 313 g/mol. The summed E-state index contributed by atoms with van der Waals surface area (Å²) in [5.74, 6) is 7.24. The molecule has 2 aromatic carbocycles. The molecule has 1 heterocycles. The van der Waals surface area contributed by atoms with Crippen LogP contribution in [0.5, 0.6) is 0 Å². The minimum Gasteiger partial charge on any atom is -0.337 e. The Labute approximate surface area is 142 Å². The van der Waals surface area contributed by atoms with Gasteiger partial charge < -0.3 is 4.90 Å². The van der Waals surface area contributed by atoms with E-state index in [1.54, 1.807) is 4.90 Å². The minimum atomic E-state index is 0.0993. The van der Waals surface area contributed by atoms with Crippen molar-refractivity contribution in [1.82, 2.24) is 4.90 Å². The smallest absolute Gasteiger partial charge is 0.254 e. The van der Waals surface area contributed by atoms with Crippen LogP contribution in [0.15, 0.2) is 42.5 Å². The molecule has 0 spiro atoms. The second kappa shape index (κ2) is 5.69. The van der Waals surface area contributed by atoms with Crippen LogP contribution in [0.1, 0.15) is 57.4 Å². The standard InChI is InChI=1S/C22H19NO/c1-15-5-3-6-17-7-4-8-18(21(15)17)11-9-16-10-12-20-19(13-16)14-23(2)22(20)24/h3-4,6-8,10,12-13,15H,5,14H2,1-2H3. The van der Waals surface area contributed by atoms with Gasteiger partial charge in [-0.3, -0.25) is 4.79 Å². The van der Waals surface area contributed by atoms with Gasteiger partial charge in [-0.25, -0.2) is 0 Å². The predicted molar refractivity (Wildman–Crippen MR) is 96.7 cm³/mol. The highest BCUT2D eigenvalue weighted by Gasteiger charge is 2.23. The quantitative estimate of drug-likeness (QED) is 0.668. The number of rotatable bonds is 0. The van der Waals surface area contributed by atoms with Gasteiger partial charge in [-0.1, -0.05) is 43.0 Å². The maximum atomic E-state index is 12.0. The molecule has 24 heavy (non-hydrogen) atoms. The van der Waals surface area contributed by atoms with Crippen LogP contribution in [0.4, 0.5) is 0 Å². The highest BCUT2D eigenvalue weighted by molar-refractivity contribution is 5.98. The second-order valence-electron chi connectivity index (χ2n) is 6.63. The highest BCUT2D eigenvalue weighted by atomic mass is 16.2. The number of carbonyl (C=O) groups is 1. The third-order valence-corrected chi connectivity index (χ3v) is 4.85. The summed E-state index contributed by atoms with van der Waals surface area (Å²) >= 11 is 0. The molecule has 0 fully saturated rings. The van der Waals surface area contributed by atoms with Gasteiger partial charge >= 0.3 is 0 Å². The summed E-state index contributed by atoms with van der Waals surface area (Å²) < 4.78 is 0. The van der Waals surface area contributed by atoms with Crippen molar-refractivity contribution >= 4 is 12.0 Å². The van der Waals surface area contributed by atoms with Gasteiger partial charge in [0, 0.05) is 30.3 Å². The van der Waals surface area contributed by atoms with E-state index < -0.39 is 0 Å². The van der Waals surface area contributed by atoms with E-state index in [-0.39, 0.29) is 5.91 Å². The minimum absolute atomic E-state index is 0.0993. The predicted octanol–water partition coefficient (Wildman–Crippen LogP) is 4.19. The number of hydrogen-bond acceptors (Lipinski definition) is 1. The molecule has 118 valence electrons. The SMILES string of the molecule is CC1CC=Cc2cccc(C#Cc3ccc4c(c3)CN(C)C4=O)c21. The molecule has 0 bridgehead atoms. The fourth-order valence-electron chi connectivity index (χ4n) is 3.59. The average Bonchev–Trinajstić information content (AvgIpc) is 2.87. The Hall–Kier alpha value is -2.79. The molecule has 0 N–H and O–H groups in total. The molecule has 1 atom stereocenters. The number of benzene rings is 2. The van der Waals surface area contributed by atoms with E-state index in [9.17, 15) is 4.79 Å². The van der Waals surface area contributed by atoms with Crippen LogP contribution in [0, 0.1) is 11.8 Å². The summed E-state index contributed by atoms with van der Waals surface area (Å²) in [4.78, 5) is 13.7. The lowest BCUT2D eigenvalue weighted by atomic mass is 9.85. The second-order valence-corrected chi connectivity index (χ2v) is 6.63. The van der Waals surface area contributed by atoms with Gasteiger partial charge in [-0.15, -0.1) is 0 Å². The Morgan fingerprint density at radius 2 is 2.04 bits per heavy atom. The molecule has 1 amide bonds. The summed E-state index contributed by atoms with van der Waals surface area (Å²) in [5, 5.41) is 0. The van der Waals surface area contributed by atoms with E-state index >= 15 is 0 Å². The largest absolute Gasteiger partial charge is 0.337 e. The van der Waals surface area contributed by atoms with Gasteiger partial charge in [-0.2, -0.15) is 0 Å². The molecule has 0 saturated heterocycles. The van der Waals surface area contributed by atoms with Gasteiger partial charge in [0.2, 0.25) is 0 Å². The zero-order valence-corrected chi connectivity index (χ0v) is 14.0. The molecule has 0 aromatic heterocycles. The molecule has 4 rings (SSSR count). The molecule has 2 nitrogen and oxygen atoms in total. The number of amides is 1. The van der Waals surface area contributed by atoms with Crippen molar-refractivity contribution in [1.29, 1.82) is 0 Å². The van der Waals surface area contributed by atoms with Crippen molar-refractivity contribution in [3.05, 3.63) is 75.9 Å². The van der Waals surface area contributed by atoms with Gasteiger partial charge in [-0.05, 0) is 53.3 Å². The van der Waals surface area contributed by atoms with Crippen LogP contribution >= 0.6 is 0 Å². The van der Waals surface area contributed by atoms with Crippen LogP contribution in [0.25, 0.3) is 6.08 Å². The Bertz CT molecular complexity index is 927. The van der Waals surface area contributed by atoms with Gasteiger partial charge in [0.15, 0.2) is 0 Å². The summed E-state index contributed by atoms with van der Waals surface area (Å²) in [6.45, 7) is 2.93. The topological polar surface area (TPSA) is 20.3 Å². The molecule has 1 unspecified atom stereocenters. The Morgan fingerprint density at radius 1 is 1.17 bits per heavy atom. The number of carbonyl (C=O) groups excluding carboxylic acids is 1. The first kappa shape index (κ1) is 14.8. The first-order valence-electron chi connectivity index (χ1n) is 8.33. The fourth-order valence-corrected chi connectivity index (χ4v) is 3.59. The molecule has 1 aliphatic carbocycles. The lowest BCUT2D eigenvalue weighted by Gasteiger charge is -2.19. The van der Waals surface area contributed by atoms with Crippen molar-refractivity contribution in [2.45, 2.75) is 25.8 Å². The van der Waals surface area contributed by atoms with Crippen molar-refractivity contribution in [3.63, 3.8) is 0 Å². The Balaban J connectivity index is 1.71. The summed E-state index contributed by atoms with van der Waals surface area (Å²) in [5.41, 5.74) is 6.58. The molecular formula is C22H19NO. The lowest BCUT2D eigenvalue weighted by Crippen LogP contribution is -2.17. The maximum absolute atomic E-state index is 12.0.